The minimum absolute atomic E-state index is 0.631. The lowest BCUT2D eigenvalue weighted by molar-refractivity contribution is 0.586. The quantitative estimate of drug-likeness (QED) is 0.358. The van der Waals surface area contributed by atoms with E-state index >= 15 is 0 Å². The van der Waals surface area contributed by atoms with Crippen molar-refractivity contribution in [2.24, 2.45) is 11.8 Å². The van der Waals surface area contributed by atoms with Crippen molar-refractivity contribution >= 4 is 0 Å². The molecule has 0 atom stereocenters. The lowest BCUT2D eigenvalue weighted by atomic mass is 9.94. The molecule has 0 aliphatic rings. The van der Waals surface area contributed by atoms with E-state index in [9.17, 15) is 0 Å². The first-order valence-electron chi connectivity index (χ1n) is 8.66. The third-order valence-corrected chi connectivity index (χ3v) is 4.43. The Hall–Kier alpha value is -1.04. The molecule has 0 aliphatic carbocycles. The van der Waals surface area contributed by atoms with Gasteiger partial charge in [-0.3, -0.25) is 0 Å². The van der Waals surface area contributed by atoms with Crippen LogP contribution in [0.5, 0.6) is 0 Å². The predicted octanol–water partition coefficient (Wildman–Crippen LogP) is 6.51. The van der Waals surface area contributed by atoms with Crippen LogP contribution >= 0.6 is 0 Å². The molecule has 1 aromatic rings. The van der Waals surface area contributed by atoms with Gasteiger partial charge in [-0.1, -0.05) is 58.0 Å². The van der Waals surface area contributed by atoms with E-state index in [1.165, 1.54) is 55.2 Å². The highest BCUT2D eigenvalue weighted by Gasteiger charge is 2.04. The molecule has 0 nitrogen and oxygen atoms in total. The molecular formula is C21H34. The van der Waals surface area contributed by atoms with E-state index in [4.69, 9.17) is 0 Å². The second kappa shape index (κ2) is 9.07. The first-order chi connectivity index (χ1) is 9.90. The molecule has 21 heavy (non-hydrogen) atoms. The molecule has 0 N–H and O–H groups in total. The van der Waals surface area contributed by atoms with E-state index in [-0.39, 0.29) is 0 Å². The summed E-state index contributed by atoms with van der Waals surface area (Å²) in [5, 5.41) is 0. The maximum atomic E-state index is 4.17. The highest BCUT2D eigenvalue weighted by atomic mass is 14.1. The van der Waals surface area contributed by atoms with Crippen LogP contribution in [0.1, 0.15) is 70.1 Å². The summed E-state index contributed by atoms with van der Waals surface area (Å²) in [5.74, 6) is 1.42. The molecule has 0 unspecified atom stereocenters. The SMILES string of the molecule is C=C(CCCCc1cc(CCC(C)C)ccc1C)C(C)C. The second-order valence-corrected chi connectivity index (χ2v) is 7.21. The topological polar surface area (TPSA) is 0 Å². The van der Waals surface area contributed by atoms with Crippen molar-refractivity contribution < 1.29 is 0 Å². The van der Waals surface area contributed by atoms with Crippen LogP contribution in [0, 0.1) is 18.8 Å². The number of unbranched alkanes of at least 4 members (excludes halogenated alkanes) is 1. The Labute approximate surface area is 132 Å². The third kappa shape index (κ3) is 6.98. The molecule has 0 aliphatic heterocycles. The van der Waals surface area contributed by atoms with Gasteiger partial charge < -0.3 is 0 Å². The van der Waals surface area contributed by atoms with Gasteiger partial charge in [0.05, 0.1) is 0 Å². The minimum Gasteiger partial charge on any atom is -0.0996 e. The summed E-state index contributed by atoms with van der Waals surface area (Å²) >= 11 is 0. The van der Waals surface area contributed by atoms with Crippen LogP contribution in [0.3, 0.4) is 0 Å². The summed E-state index contributed by atoms with van der Waals surface area (Å²) in [5.41, 5.74) is 5.91. The van der Waals surface area contributed by atoms with Gasteiger partial charge in [0, 0.05) is 0 Å². The van der Waals surface area contributed by atoms with Gasteiger partial charge in [0.25, 0.3) is 0 Å². The molecule has 0 saturated carbocycles. The molecule has 1 aromatic carbocycles. The summed E-state index contributed by atoms with van der Waals surface area (Å²) in [7, 11) is 0. The Kier molecular flexibility index (Phi) is 7.78. The highest BCUT2D eigenvalue weighted by molar-refractivity contribution is 5.31. The normalized spacial score (nSPS) is 11.4. The largest absolute Gasteiger partial charge is 0.0996 e. The summed E-state index contributed by atoms with van der Waals surface area (Å²) < 4.78 is 0. The van der Waals surface area contributed by atoms with Crippen molar-refractivity contribution in [3.05, 3.63) is 47.0 Å². The van der Waals surface area contributed by atoms with Gasteiger partial charge in [0.1, 0.15) is 0 Å². The van der Waals surface area contributed by atoms with Crippen molar-refractivity contribution in [3.8, 4) is 0 Å². The number of aryl methyl sites for hydroxylation is 3. The fourth-order valence-corrected chi connectivity index (χ4v) is 2.56. The summed E-state index contributed by atoms with van der Waals surface area (Å²) in [6.07, 6.45) is 7.45. The zero-order chi connectivity index (χ0) is 15.8. The van der Waals surface area contributed by atoms with Crippen LogP contribution < -0.4 is 0 Å². The Balaban J connectivity index is 2.46. The standard InChI is InChI=1S/C21H34/c1-16(2)11-13-20-14-12-19(6)21(15-20)10-8-7-9-18(5)17(3)4/h12,14-17H,5,7-11,13H2,1-4,6H3. The zero-order valence-electron chi connectivity index (χ0n) is 14.8. The van der Waals surface area contributed by atoms with Crippen molar-refractivity contribution in [1.82, 2.24) is 0 Å². The maximum absolute atomic E-state index is 4.17. The van der Waals surface area contributed by atoms with Crippen molar-refractivity contribution in [2.45, 2.75) is 73.1 Å². The highest BCUT2D eigenvalue weighted by Crippen LogP contribution is 2.19. The molecule has 0 aromatic heterocycles. The van der Waals surface area contributed by atoms with Gasteiger partial charge in [-0.05, 0) is 74.0 Å². The zero-order valence-corrected chi connectivity index (χ0v) is 14.8. The Morgan fingerprint density at radius 1 is 1.05 bits per heavy atom. The van der Waals surface area contributed by atoms with E-state index < -0.39 is 0 Å². The van der Waals surface area contributed by atoms with Gasteiger partial charge in [-0.25, -0.2) is 0 Å². The maximum Gasteiger partial charge on any atom is -0.0263 e. The summed E-state index contributed by atoms with van der Waals surface area (Å²) in [6.45, 7) is 15.5. The van der Waals surface area contributed by atoms with E-state index in [1.807, 2.05) is 0 Å². The molecule has 0 saturated heterocycles. The van der Waals surface area contributed by atoms with E-state index in [2.05, 4.69) is 59.4 Å². The lowest BCUT2D eigenvalue weighted by Crippen LogP contribution is -1.97. The molecule has 118 valence electrons. The third-order valence-electron chi connectivity index (χ3n) is 4.43. The van der Waals surface area contributed by atoms with Crippen LogP contribution in [0.15, 0.2) is 30.4 Å². The number of benzene rings is 1. The number of rotatable bonds is 9. The number of hydrogen-bond acceptors (Lipinski definition) is 0. The molecule has 0 heterocycles. The molecular weight excluding hydrogens is 252 g/mol. The number of allylic oxidation sites excluding steroid dienone is 1. The molecule has 0 amide bonds. The van der Waals surface area contributed by atoms with Crippen LogP contribution in [-0.2, 0) is 12.8 Å². The molecule has 0 radical (unpaired) electrons. The number of hydrogen-bond donors (Lipinski definition) is 0. The van der Waals surface area contributed by atoms with Crippen LogP contribution in [-0.4, -0.2) is 0 Å². The van der Waals surface area contributed by atoms with Crippen molar-refractivity contribution in [3.63, 3.8) is 0 Å². The van der Waals surface area contributed by atoms with Gasteiger partial charge in [0.2, 0.25) is 0 Å². The van der Waals surface area contributed by atoms with Gasteiger partial charge in [0.15, 0.2) is 0 Å². The summed E-state index contributed by atoms with van der Waals surface area (Å²) in [4.78, 5) is 0. The Morgan fingerprint density at radius 2 is 1.76 bits per heavy atom. The fourth-order valence-electron chi connectivity index (χ4n) is 2.56. The van der Waals surface area contributed by atoms with Crippen LogP contribution in [0.2, 0.25) is 0 Å². The first-order valence-corrected chi connectivity index (χ1v) is 8.66. The molecule has 0 heteroatoms. The Morgan fingerprint density at radius 3 is 2.38 bits per heavy atom. The minimum atomic E-state index is 0.631. The predicted molar refractivity (Wildman–Crippen MR) is 95.9 cm³/mol. The molecule has 0 spiro atoms. The first kappa shape index (κ1) is 18.0. The van der Waals surface area contributed by atoms with Gasteiger partial charge in [-0.2, -0.15) is 0 Å². The van der Waals surface area contributed by atoms with Crippen LogP contribution in [0.4, 0.5) is 0 Å². The second-order valence-electron chi connectivity index (χ2n) is 7.21. The van der Waals surface area contributed by atoms with E-state index in [0.29, 0.717) is 5.92 Å². The monoisotopic (exact) mass is 286 g/mol. The molecule has 0 bridgehead atoms. The molecule has 1 rings (SSSR count). The smallest absolute Gasteiger partial charge is 0.0263 e. The van der Waals surface area contributed by atoms with E-state index in [1.54, 1.807) is 5.56 Å². The van der Waals surface area contributed by atoms with Gasteiger partial charge >= 0.3 is 0 Å². The summed E-state index contributed by atoms with van der Waals surface area (Å²) in [6, 6.07) is 7.05. The van der Waals surface area contributed by atoms with Crippen molar-refractivity contribution in [1.29, 1.82) is 0 Å². The van der Waals surface area contributed by atoms with Crippen molar-refractivity contribution in [2.75, 3.05) is 0 Å². The average Bonchev–Trinajstić information content (AvgIpc) is 2.43. The van der Waals surface area contributed by atoms with Gasteiger partial charge in [-0.15, -0.1) is 0 Å². The average molecular weight is 287 g/mol. The fraction of sp³-hybridized carbons (Fsp3) is 0.619. The van der Waals surface area contributed by atoms with E-state index in [0.717, 1.165) is 5.92 Å². The molecule has 0 fully saturated rings. The lowest BCUT2D eigenvalue weighted by Gasteiger charge is -2.12. The Bertz CT molecular complexity index is 437. The van der Waals surface area contributed by atoms with Crippen LogP contribution in [0.25, 0.3) is 0 Å².